The Morgan fingerprint density at radius 1 is 1.29 bits per heavy atom. The van der Waals surface area contributed by atoms with Gasteiger partial charge in [0, 0.05) is 22.7 Å². The molecule has 7 nitrogen and oxygen atoms in total. The topological polar surface area (TPSA) is 104 Å². The SMILES string of the molecule is CC(C)(C)OC(=O)CCNC(=O)c1ccc(N=[N+]=[N-])cc1. The number of hydrogen-bond acceptors (Lipinski definition) is 4. The summed E-state index contributed by atoms with van der Waals surface area (Å²) in [6.45, 7) is 5.56. The number of nitrogens with one attached hydrogen (secondary N) is 1. The second kappa shape index (κ2) is 7.31. The smallest absolute Gasteiger partial charge is 0.308 e. The third-order valence-electron chi connectivity index (χ3n) is 2.32. The van der Waals surface area contributed by atoms with E-state index in [0.29, 0.717) is 11.3 Å². The minimum absolute atomic E-state index is 0.111. The molecule has 0 aliphatic rings. The largest absolute Gasteiger partial charge is 0.460 e. The molecule has 21 heavy (non-hydrogen) atoms. The van der Waals surface area contributed by atoms with Crippen LogP contribution in [-0.2, 0) is 9.53 Å². The van der Waals surface area contributed by atoms with Crippen LogP contribution in [-0.4, -0.2) is 24.0 Å². The van der Waals surface area contributed by atoms with E-state index in [4.69, 9.17) is 10.3 Å². The van der Waals surface area contributed by atoms with Crippen LogP contribution in [0.15, 0.2) is 29.4 Å². The number of azide groups is 1. The van der Waals surface area contributed by atoms with Gasteiger partial charge in [0.25, 0.3) is 5.91 Å². The van der Waals surface area contributed by atoms with E-state index in [1.54, 1.807) is 45.0 Å². The van der Waals surface area contributed by atoms with Crippen LogP contribution in [0.3, 0.4) is 0 Å². The summed E-state index contributed by atoms with van der Waals surface area (Å²) in [5.41, 5.74) is 8.61. The lowest BCUT2D eigenvalue weighted by atomic mass is 10.2. The zero-order valence-corrected chi connectivity index (χ0v) is 12.3. The Hall–Kier alpha value is -2.53. The van der Waals surface area contributed by atoms with Crippen molar-refractivity contribution in [3.8, 4) is 0 Å². The lowest BCUT2D eigenvalue weighted by Crippen LogP contribution is -2.29. The molecule has 0 fully saturated rings. The average molecular weight is 290 g/mol. The van der Waals surface area contributed by atoms with Crippen LogP contribution in [0.4, 0.5) is 5.69 Å². The van der Waals surface area contributed by atoms with E-state index in [-0.39, 0.29) is 24.8 Å². The van der Waals surface area contributed by atoms with Gasteiger partial charge in [0.15, 0.2) is 0 Å². The zero-order chi connectivity index (χ0) is 15.9. The molecule has 0 aromatic heterocycles. The summed E-state index contributed by atoms with van der Waals surface area (Å²) < 4.78 is 5.13. The summed E-state index contributed by atoms with van der Waals surface area (Å²) in [4.78, 5) is 25.9. The molecule has 1 rings (SSSR count). The summed E-state index contributed by atoms with van der Waals surface area (Å²) in [5.74, 6) is -0.660. The molecule has 0 aliphatic heterocycles. The highest BCUT2D eigenvalue weighted by atomic mass is 16.6. The molecule has 1 aromatic carbocycles. The molecule has 7 heteroatoms. The van der Waals surface area contributed by atoms with Crippen molar-refractivity contribution in [1.29, 1.82) is 0 Å². The molecule has 0 spiro atoms. The molecule has 0 saturated carbocycles. The van der Waals surface area contributed by atoms with Crippen LogP contribution >= 0.6 is 0 Å². The van der Waals surface area contributed by atoms with Crippen LogP contribution in [0.2, 0.25) is 0 Å². The minimum atomic E-state index is -0.530. The first-order valence-electron chi connectivity index (χ1n) is 6.47. The van der Waals surface area contributed by atoms with Crippen molar-refractivity contribution >= 4 is 17.6 Å². The lowest BCUT2D eigenvalue weighted by Gasteiger charge is -2.19. The standard InChI is InChI=1S/C14H18N4O3/c1-14(2,3)21-12(19)8-9-16-13(20)10-4-6-11(7-5-10)17-18-15/h4-7H,8-9H2,1-3H3,(H,16,20). The Morgan fingerprint density at radius 3 is 2.43 bits per heavy atom. The predicted molar refractivity (Wildman–Crippen MR) is 78.0 cm³/mol. The van der Waals surface area contributed by atoms with Crippen molar-refractivity contribution in [2.24, 2.45) is 5.11 Å². The van der Waals surface area contributed by atoms with Crippen LogP contribution in [0, 0.1) is 0 Å². The fourth-order valence-electron chi connectivity index (χ4n) is 1.50. The van der Waals surface area contributed by atoms with Crippen molar-refractivity contribution in [2.75, 3.05) is 6.54 Å². The zero-order valence-electron chi connectivity index (χ0n) is 12.3. The number of amides is 1. The van der Waals surface area contributed by atoms with Gasteiger partial charge in [-0.3, -0.25) is 9.59 Å². The van der Waals surface area contributed by atoms with Crippen molar-refractivity contribution in [1.82, 2.24) is 5.32 Å². The van der Waals surface area contributed by atoms with Gasteiger partial charge in [-0.25, -0.2) is 0 Å². The highest BCUT2D eigenvalue weighted by Gasteiger charge is 2.16. The van der Waals surface area contributed by atoms with Crippen molar-refractivity contribution in [3.05, 3.63) is 40.3 Å². The van der Waals surface area contributed by atoms with Gasteiger partial charge >= 0.3 is 5.97 Å². The monoisotopic (exact) mass is 290 g/mol. The summed E-state index contributed by atoms with van der Waals surface area (Å²) in [7, 11) is 0. The molecule has 1 aromatic rings. The van der Waals surface area contributed by atoms with E-state index >= 15 is 0 Å². The Bertz CT molecular complexity index is 555. The molecular formula is C14H18N4O3. The molecular weight excluding hydrogens is 272 g/mol. The summed E-state index contributed by atoms with van der Waals surface area (Å²) in [5, 5.41) is 6.04. The van der Waals surface area contributed by atoms with Gasteiger partial charge < -0.3 is 10.1 Å². The second-order valence-electron chi connectivity index (χ2n) is 5.33. The molecule has 1 amide bonds. The molecule has 1 N–H and O–H groups in total. The molecule has 0 aliphatic carbocycles. The quantitative estimate of drug-likeness (QED) is 0.390. The van der Waals surface area contributed by atoms with Crippen LogP contribution in [0.1, 0.15) is 37.6 Å². The van der Waals surface area contributed by atoms with Crippen molar-refractivity contribution in [2.45, 2.75) is 32.8 Å². The van der Waals surface area contributed by atoms with E-state index in [1.807, 2.05) is 0 Å². The highest BCUT2D eigenvalue weighted by Crippen LogP contribution is 2.13. The highest BCUT2D eigenvalue weighted by molar-refractivity contribution is 5.94. The van der Waals surface area contributed by atoms with Crippen LogP contribution in [0.25, 0.3) is 10.4 Å². The maximum absolute atomic E-state index is 11.8. The van der Waals surface area contributed by atoms with E-state index in [9.17, 15) is 9.59 Å². The normalized spacial score (nSPS) is 10.4. The fourth-order valence-corrected chi connectivity index (χ4v) is 1.50. The number of hydrogen-bond donors (Lipinski definition) is 1. The Balaban J connectivity index is 2.43. The number of carbonyl (C=O) groups is 2. The van der Waals surface area contributed by atoms with E-state index in [0.717, 1.165) is 0 Å². The number of rotatable bonds is 5. The van der Waals surface area contributed by atoms with Crippen LogP contribution < -0.4 is 5.32 Å². The van der Waals surface area contributed by atoms with Crippen molar-refractivity contribution in [3.63, 3.8) is 0 Å². The van der Waals surface area contributed by atoms with Gasteiger partial charge in [-0.15, -0.1) is 0 Å². The average Bonchev–Trinajstić information content (AvgIpc) is 2.37. The third kappa shape index (κ3) is 6.44. The second-order valence-corrected chi connectivity index (χ2v) is 5.33. The maximum atomic E-state index is 11.8. The first kappa shape index (κ1) is 16.5. The Kier molecular flexibility index (Phi) is 5.75. The van der Waals surface area contributed by atoms with Gasteiger partial charge in [0.2, 0.25) is 0 Å². The number of nitrogens with zero attached hydrogens (tertiary/aromatic N) is 3. The summed E-state index contributed by atoms with van der Waals surface area (Å²) in [6, 6.07) is 6.19. The maximum Gasteiger partial charge on any atom is 0.308 e. The molecule has 0 radical (unpaired) electrons. The minimum Gasteiger partial charge on any atom is -0.460 e. The van der Waals surface area contributed by atoms with E-state index in [1.165, 1.54) is 0 Å². The first-order chi connectivity index (χ1) is 9.81. The van der Waals surface area contributed by atoms with Crippen molar-refractivity contribution < 1.29 is 14.3 Å². The fraction of sp³-hybridized carbons (Fsp3) is 0.429. The van der Waals surface area contributed by atoms with E-state index < -0.39 is 5.60 Å². The summed E-state index contributed by atoms with van der Waals surface area (Å²) >= 11 is 0. The van der Waals surface area contributed by atoms with Gasteiger partial charge in [-0.2, -0.15) is 0 Å². The first-order valence-corrected chi connectivity index (χ1v) is 6.47. The lowest BCUT2D eigenvalue weighted by molar-refractivity contribution is -0.154. The number of carbonyl (C=O) groups excluding carboxylic acids is 2. The van der Waals surface area contributed by atoms with Gasteiger partial charge in [0.05, 0.1) is 6.42 Å². The molecule has 0 bridgehead atoms. The van der Waals surface area contributed by atoms with E-state index in [2.05, 4.69) is 15.3 Å². The molecule has 0 heterocycles. The number of benzene rings is 1. The van der Waals surface area contributed by atoms with Gasteiger partial charge in [-0.05, 0) is 38.4 Å². The molecule has 112 valence electrons. The number of esters is 1. The predicted octanol–water partition coefficient (Wildman–Crippen LogP) is 3.09. The Labute approximate surface area is 122 Å². The van der Waals surface area contributed by atoms with Crippen LogP contribution in [0.5, 0.6) is 0 Å². The van der Waals surface area contributed by atoms with Gasteiger partial charge in [0.1, 0.15) is 5.60 Å². The third-order valence-corrected chi connectivity index (χ3v) is 2.32. The Morgan fingerprint density at radius 2 is 1.90 bits per heavy atom. The van der Waals surface area contributed by atoms with Gasteiger partial charge in [-0.1, -0.05) is 17.2 Å². The number of ether oxygens (including phenoxy) is 1. The molecule has 0 saturated heterocycles. The molecule has 0 atom stereocenters. The molecule has 0 unspecified atom stereocenters. The summed E-state index contributed by atoms with van der Waals surface area (Å²) in [6.07, 6.45) is 0.111.